The van der Waals surface area contributed by atoms with E-state index < -0.39 is 35.0 Å². The van der Waals surface area contributed by atoms with Gasteiger partial charge in [-0.25, -0.2) is 4.79 Å². The first-order valence-electron chi connectivity index (χ1n) is 9.60. The summed E-state index contributed by atoms with van der Waals surface area (Å²) in [5.41, 5.74) is 13.1. The van der Waals surface area contributed by atoms with Crippen LogP contribution in [0.25, 0.3) is 11.0 Å². The third kappa shape index (κ3) is 4.84. The lowest BCUT2D eigenvalue weighted by Gasteiger charge is -2.27. The molecule has 0 radical (unpaired) electrons. The van der Waals surface area contributed by atoms with Crippen molar-refractivity contribution in [3.05, 3.63) is 33.7 Å². The first kappa shape index (κ1) is 23.1. The number of aryl methyl sites for hydroxylation is 2. The maximum absolute atomic E-state index is 11.7. The van der Waals surface area contributed by atoms with Gasteiger partial charge in [0.05, 0.1) is 10.3 Å². The molecule has 1 aliphatic heterocycles. The minimum absolute atomic E-state index is 0.0603. The molecule has 32 heavy (non-hydrogen) atoms. The molecule has 13 heteroatoms. The normalized spacial score (nSPS) is 17.7. The van der Waals surface area contributed by atoms with Gasteiger partial charge in [-0.3, -0.25) is 14.3 Å². The first-order chi connectivity index (χ1) is 15.1. The summed E-state index contributed by atoms with van der Waals surface area (Å²) in [5, 5.41) is 28.5. The van der Waals surface area contributed by atoms with Gasteiger partial charge in [0, 0.05) is 19.7 Å². The van der Waals surface area contributed by atoms with E-state index in [9.17, 15) is 24.6 Å². The molecule has 0 saturated carbocycles. The number of nitrogens with two attached hydrogens (primary N) is 2. The van der Waals surface area contributed by atoms with E-state index in [1.165, 1.54) is 6.08 Å². The predicted molar refractivity (Wildman–Crippen MR) is 120 cm³/mol. The number of hydrogen-bond donors (Lipinski definition) is 7. The fraction of sp³-hybridized carbons (Fsp3) is 0.316. The maximum atomic E-state index is 11.7. The van der Waals surface area contributed by atoms with Crippen LogP contribution in [0.15, 0.2) is 28.2 Å². The van der Waals surface area contributed by atoms with E-state index >= 15 is 0 Å². The van der Waals surface area contributed by atoms with E-state index in [2.05, 4.69) is 14.7 Å². The van der Waals surface area contributed by atoms with Gasteiger partial charge in [-0.15, -0.1) is 11.1 Å². The molecule has 2 aromatic heterocycles. The quantitative estimate of drug-likeness (QED) is 0.244. The number of rotatable bonds is 10. The third-order valence-electron chi connectivity index (χ3n) is 5.00. The molecule has 1 unspecified atom stereocenters. The molecule has 1 aliphatic rings. The molecule has 0 aromatic carbocycles. The molecular weight excluding hydrogens is 440 g/mol. The number of carboxylic acids is 3. The number of anilines is 2. The zero-order valence-electron chi connectivity index (χ0n) is 17.1. The van der Waals surface area contributed by atoms with Crippen LogP contribution in [-0.2, 0) is 27.9 Å². The third-order valence-corrected chi connectivity index (χ3v) is 7.34. The number of nitrogen functional groups attached to an aromatic ring is 2. The fourth-order valence-corrected chi connectivity index (χ4v) is 5.66. The van der Waals surface area contributed by atoms with Crippen LogP contribution >= 0.6 is 11.1 Å². The molecule has 3 heterocycles. The zero-order chi connectivity index (χ0) is 23.6. The van der Waals surface area contributed by atoms with Gasteiger partial charge in [0.1, 0.15) is 17.5 Å². The lowest BCUT2D eigenvalue weighted by atomic mass is 10.1. The van der Waals surface area contributed by atoms with E-state index in [1.807, 2.05) is 6.20 Å². The van der Waals surface area contributed by atoms with Gasteiger partial charge >= 0.3 is 17.9 Å². The Morgan fingerprint density at radius 3 is 2.50 bits per heavy atom. The topological polar surface area (TPSA) is 207 Å². The minimum atomic E-state index is -1.65. The van der Waals surface area contributed by atoms with Crippen molar-refractivity contribution >= 4 is 51.8 Å². The molecule has 0 spiro atoms. The van der Waals surface area contributed by atoms with Crippen molar-refractivity contribution in [1.29, 1.82) is 0 Å². The smallest absolute Gasteiger partial charge is 0.341 e. The van der Waals surface area contributed by atoms with Crippen LogP contribution in [0.3, 0.4) is 0 Å². The highest BCUT2D eigenvalue weighted by atomic mass is 32.2. The van der Waals surface area contributed by atoms with Crippen molar-refractivity contribution < 1.29 is 29.7 Å². The van der Waals surface area contributed by atoms with Crippen molar-refractivity contribution in [2.24, 2.45) is 7.05 Å². The summed E-state index contributed by atoms with van der Waals surface area (Å²) in [6.07, 6.45) is 5.36. The van der Waals surface area contributed by atoms with Gasteiger partial charge in [-0.1, -0.05) is 6.08 Å². The van der Waals surface area contributed by atoms with Crippen molar-refractivity contribution in [3.8, 4) is 0 Å². The molecule has 0 bridgehead atoms. The average Bonchev–Trinajstić information content (AvgIpc) is 3.24. The molecule has 0 aliphatic carbocycles. The van der Waals surface area contributed by atoms with E-state index in [-0.39, 0.29) is 29.5 Å². The van der Waals surface area contributed by atoms with E-state index in [1.54, 1.807) is 17.7 Å². The van der Waals surface area contributed by atoms with Crippen molar-refractivity contribution in [3.63, 3.8) is 0 Å². The summed E-state index contributed by atoms with van der Waals surface area (Å²) in [5.74, 6) is -3.21. The van der Waals surface area contributed by atoms with Crippen LogP contribution in [0, 0.1) is 0 Å². The minimum Gasteiger partial charge on any atom is -0.481 e. The van der Waals surface area contributed by atoms with Crippen LogP contribution < -0.4 is 16.2 Å². The number of carbonyl (C=O) groups is 3. The van der Waals surface area contributed by atoms with E-state index in [4.69, 9.17) is 16.6 Å². The summed E-state index contributed by atoms with van der Waals surface area (Å²) < 4.78 is 4.64. The van der Waals surface area contributed by atoms with Crippen molar-refractivity contribution in [2.45, 2.75) is 31.7 Å². The fourth-order valence-electron chi connectivity index (χ4n) is 3.52. The molecular formula is C19H24N6O6S. The van der Waals surface area contributed by atoms with Gasteiger partial charge in [-0.2, -0.15) is 9.97 Å². The average molecular weight is 465 g/mol. The standard InChI is InChI=1S/C19H24N6O6S/c1-25-8-9(14-15(20)22-19(21)23-16(14)25)2-3-10-4-6-12(18(30)31)32(10)24-11(17(28)29)5-7-13(26)27/h4,6,8,11,24,32H,2-3,5,7H2,1H3,(H,26,27)(H,28,29)(H,30,31)(H4,20,21,22,23)/t11-/m0/s1. The molecule has 2 atom stereocenters. The Balaban J connectivity index is 1.81. The van der Waals surface area contributed by atoms with Gasteiger partial charge in [0.15, 0.2) is 0 Å². The second-order valence-electron chi connectivity index (χ2n) is 7.23. The molecule has 0 amide bonds. The maximum Gasteiger partial charge on any atom is 0.341 e. The second kappa shape index (κ2) is 9.28. The van der Waals surface area contributed by atoms with E-state index in [0.717, 1.165) is 10.5 Å². The van der Waals surface area contributed by atoms with Crippen LogP contribution in [0.1, 0.15) is 24.8 Å². The van der Waals surface area contributed by atoms with Crippen LogP contribution in [0.5, 0.6) is 0 Å². The lowest BCUT2D eigenvalue weighted by molar-refractivity contribution is -0.140. The van der Waals surface area contributed by atoms with Crippen molar-refractivity contribution in [2.75, 3.05) is 11.5 Å². The van der Waals surface area contributed by atoms with E-state index in [0.29, 0.717) is 23.9 Å². The zero-order valence-corrected chi connectivity index (χ0v) is 18.0. The highest BCUT2D eigenvalue weighted by molar-refractivity contribution is 8.23. The Labute approximate surface area is 185 Å². The number of nitrogens with one attached hydrogen (secondary N) is 1. The molecule has 172 valence electrons. The highest BCUT2D eigenvalue weighted by Crippen LogP contribution is 2.47. The number of thiol groups is 1. The molecule has 3 rings (SSSR count). The summed E-state index contributed by atoms with van der Waals surface area (Å²) in [6.45, 7) is 0. The summed E-state index contributed by atoms with van der Waals surface area (Å²) in [4.78, 5) is 43.1. The lowest BCUT2D eigenvalue weighted by Crippen LogP contribution is -2.36. The number of carboxylic acid groups (broad SMARTS) is 3. The number of aliphatic carboxylic acids is 3. The Morgan fingerprint density at radius 2 is 1.88 bits per heavy atom. The Kier molecular flexibility index (Phi) is 6.69. The predicted octanol–water partition coefficient (Wildman–Crippen LogP) is 0.755. The Morgan fingerprint density at radius 1 is 1.16 bits per heavy atom. The van der Waals surface area contributed by atoms with Crippen LogP contribution in [0.2, 0.25) is 0 Å². The number of allylic oxidation sites excluding steroid dienone is 3. The Hall–Kier alpha value is -3.58. The van der Waals surface area contributed by atoms with Gasteiger partial charge < -0.3 is 31.4 Å². The van der Waals surface area contributed by atoms with Gasteiger partial charge in [-0.05, 0) is 35.8 Å². The SMILES string of the molecule is Cn1cc(CCC2=CC=C(C(=O)O)[SH]2N[C@@H](CCC(=O)O)C(=O)O)c2c(N)nc(N)nc21. The Bertz CT molecular complexity index is 1160. The van der Waals surface area contributed by atoms with Crippen LogP contribution in [0.4, 0.5) is 11.8 Å². The molecule has 0 saturated heterocycles. The number of hydrogen-bond acceptors (Lipinski definition) is 8. The molecule has 0 fully saturated rings. The summed E-state index contributed by atoms with van der Waals surface area (Å²) >= 11 is -1.65. The van der Waals surface area contributed by atoms with Crippen LogP contribution in [-0.4, -0.2) is 53.8 Å². The molecule has 12 nitrogen and oxygen atoms in total. The summed E-state index contributed by atoms with van der Waals surface area (Å²) in [7, 11) is 1.80. The monoisotopic (exact) mass is 464 g/mol. The first-order valence-corrected chi connectivity index (χ1v) is 10.9. The van der Waals surface area contributed by atoms with Crippen molar-refractivity contribution in [1.82, 2.24) is 19.3 Å². The number of aromatic nitrogens is 3. The number of nitrogens with zero attached hydrogens (tertiary/aromatic N) is 3. The highest BCUT2D eigenvalue weighted by Gasteiger charge is 2.29. The summed E-state index contributed by atoms with van der Waals surface area (Å²) in [6, 6.07) is -1.19. The van der Waals surface area contributed by atoms with Gasteiger partial charge in [0.2, 0.25) is 5.95 Å². The molecule has 2 aromatic rings. The van der Waals surface area contributed by atoms with Gasteiger partial charge in [0.25, 0.3) is 0 Å². The largest absolute Gasteiger partial charge is 0.481 e. The second-order valence-corrected chi connectivity index (χ2v) is 9.22. The number of fused-ring (bicyclic) bond motifs is 1. The molecule has 8 N–H and O–H groups in total.